The predicted molar refractivity (Wildman–Crippen MR) is 116 cm³/mol. The zero-order valence-electron chi connectivity index (χ0n) is 17.7. The van der Waals surface area contributed by atoms with E-state index in [2.05, 4.69) is 20.6 Å². The monoisotopic (exact) mass is 419 g/mol. The van der Waals surface area contributed by atoms with Gasteiger partial charge in [-0.25, -0.2) is 9.78 Å². The number of fused-ring (bicyclic) bond motifs is 1. The number of carbonyl (C=O) groups is 3. The van der Waals surface area contributed by atoms with Gasteiger partial charge in [0.25, 0.3) is 5.91 Å². The first-order chi connectivity index (χ1) is 14.8. The summed E-state index contributed by atoms with van der Waals surface area (Å²) >= 11 is 0. The van der Waals surface area contributed by atoms with Gasteiger partial charge in [0.1, 0.15) is 17.9 Å². The molecule has 0 unspecified atom stereocenters. The van der Waals surface area contributed by atoms with Crippen molar-refractivity contribution >= 4 is 28.9 Å². The molecule has 160 valence electrons. The Bertz CT molecular complexity index is 1110. The molecule has 8 nitrogen and oxygen atoms in total. The smallest absolute Gasteiger partial charge is 0.325 e. The molecule has 1 aliphatic heterocycles. The predicted octanol–water partition coefficient (Wildman–Crippen LogP) is 2.84. The van der Waals surface area contributed by atoms with Gasteiger partial charge in [-0.1, -0.05) is 56.3 Å². The molecule has 1 fully saturated rings. The molecule has 0 radical (unpaired) electrons. The second-order valence-electron chi connectivity index (χ2n) is 8.24. The van der Waals surface area contributed by atoms with E-state index in [-0.39, 0.29) is 18.5 Å². The summed E-state index contributed by atoms with van der Waals surface area (Å²) in [5.41, 5.74) is 1.16. The number of nitrogens with zero attached hydrogens (tertiary/aromatic N) is 2. The summed E-state index contributed by atoms with van der Waals surface area (Å²) in [7, 11) is 0. The summed E-state index contributed by atoms with van der Waals surface area (Å²) in [5.74, 6) is -0.207. The molecule has 2 atom stereocenters. The molecule has 1 aliphatic rings. The van der Waals surface area contributed by atoms with Crippen molar-refractivity contribution in [3.8, 4) is 0 Å². The number of amides is 4. The fourth-order valence-electron chi connectivity index (χ4n) is 3.84. The Balaban J connectivity index is 1.50. The lowest BCUT2D eigenvalue weighted by molar-refractivity contribution is -0.135. The first-order valence-corrected chi connectivity index (χ1v) is 10.2. The quantitative estimate of drug-likeness (QED) is 0.534. The number of aromatic nitrogens is 2. The van der Waals surface area contributed by atoms with Crippen LogP contribution in [0.3, 0.4) is 0 Å². The van der Waals surface area contributed by atoms with Crippen molar-refractivity contribution in [1.29, 1.82) is 0 Å². The molecular weight excluding hydrogens is 394 g/mol. The number of imide groups is 1. The van der Waals surface area contributed by atoms with E-state index in [1.807, 2.05) is 44.2 Å². The molecule has 0 spiro atoms. The lowest BCUT2D eigenvalue weighted by atomic mass is 9.92. The van der Waals surface area contributed by atoms with E-state index in [1.165, 1.54) is 0 Å². The maximum atomic E-state index is 13.0. The molecule has 8 heteroatoms. The minimum Gasteiger partial charge on any atom is -0.344 e. The Labute approximate surface area is 180 Å². The van der Waals surface area contributed by atoms with E-state index in [0.29, 0.717) is 11.4 Å². The molecule has 4 rings (SSSR count). The normalized spacial score (nSPS) is 19.7. The highest BCUT2D eigenvalue weighted by Crippen LogP contribution is 2.28. The summed E-state index contributed by atoms with van der Waals surface area (Å²) in [6.45, 7) is 5.22. The van der Waals surface area contributed by atoms with Crippen molar-refractivity contribution in [3.05, 3.63) is 66.0 Å². The highest BCUT2D eigenvalue weighted by Gasteiger charge is 2.49. The van der Waals surface area contributed by atoms with Crippen molar-refractivity contribution < 1.29 is 14.4 Å². The number of carbonyl (C=O) groups excluding carboxylic acids is 3. The van der Waals surface area contributed by atoms with E-state index in [4.69, 9.17) is 0 Å². The van der Waals surface area contributed by atoms with Gasteiger partial charge in [0.05, 0.1) is 17.1 Å². The van der Waals surface area contributed by atoms with Gasteiger partial charge in [-0.2, -0.15) is 0 Å². The van der Waals surface area contributed by atoms with Crippen molar-refractivity contribution in [1.82, 2.24) is 25.5 Å². The topological polar surface area (TPSA) is 107 Å². The van der Waals surface area contributed by atoms with E-state index in [0.717, 1.165) is 15.9 Å². The van der Waals surface area contributed by atoms with Gasteiger partial charge in [0.2, 0.25) is 5.91 Å². The molecule has 3 aromatic rings. The Hall–Kier alpha value is -3.68. The number of aromatic amines is 1. The summed E-state index contributed by atoms with van der Waals surface area (Å²) in [6.07, 6.45) is 0. The van der Waals surface area contributed by atoms with Gasteiger partial charge in [0, 0.05) is 0 Å². The number of rotatable bonds is 6. The minimum absolute atomic E-state index is 0.0437. The zero-order chi connectivity index (χ0) is 22.2. The molecule has 3 N–H and O–H groups in total. The molecule has 2 aromatic carbocycles. The van der Waals surface area contributed by atoms with E-state index >= 15 is 0 Å². The second kappa shape index (κ2) is 7.86. The van der Waals surface area contributed by atoms with Crippen LogP contribution in [-0.4, -0.2) is 39.3 Å². The van der Waals surface area contributed by atoms with Gasteiger partial charge in [-0.05, 0) is 30.5 Å². The zero-order valence-corrected chi connectivity index (χ0v) is 17.7. The van der Waals surface area contributed by atoms with Crippen LogP contribution >= 0.6 is 0 Å². The molecule has 0 bridgehead atoms. The van der Waals surface area contributed by atoms with Crippen molar-refractivity contribution in [3.63, 3.8) is 0 Å². The van der Waals surface area contributed by atoms with Crippen LogP contribution in [0.2, 0.25) is 0 Å². The first kappa shape index (κ1) is 20.6. The van der Waals surface area contributed by atoms with Crippen molar-refractivity contribution in [2.45, 2.75) is 32.4 Å². The van der Waals surface area contributed by atoms with Crippen molar-refractivity contribution in [2.75, 3.05) is 6.54 Å². The number of hydrogen-bond acceptors (Lipinski definition) is 4. The number of imidazole rings is 1. The standard InChI is InChI=1S/C23H25N5O3/c1-14(2)19(20-24-16-11-7-8-12-17(16)25-20)26-18(29)13-28-21(30)23(3,27-22(28)31)15-9-5-4-6-10-15/h4-12,14,19H,13H2,1-3H3,(H,24,25)(H,26,29)(H,27,31)/t19-,23+/m1/s1. The number of urea groups is 1. The van der Waals surface area contributed by atoms with E-state index in [1.54, 1.807) is 31.2 Å². The highest BCUT2D eigenvalue weighted by molar-refractivity contribution is 6.09. The van der Waals surface area contributed by atoms with Crippen molar-refractivity contribution in [2.24, 2.45) is 5.92 Å². The molecule has 1 aromatic heterocycles. The SMILES string of the molecule is CC(C)[C@@H](NC(=O)CN1C(=O)N[C@@](C)(c2ccccc2)C1=O)c1nc2ccccc2[nH]1. The van der Waals surface area contributed by atoms with Gasteiger partial charge in [-0.15, -0.1) is 0 Å². The molecular formula is C23H25N5O3. The Kier molecular flexibility index (Phi) is 5.22. The molecule has 1 saturated heterocycles. The van der Waals surface area contributed by atoms with Crippen LogP contribution in [0.1, 0.15) is 38.2 Å². The first-order valence-electron chi connectivity index (χ1n) is 10.2. The fraction of sp³-hybridized carbons (Fsp3) is 0.304. The van der Waals surface area contributed by atoms with E-state index in [9.17, 15) is 14.4 Å². The molecule has 31 heavy (non-hydrogen) atoms. The van der Waals surface area contributed by atoms with Crippen LogP contribution in [0.5, 0.6) is 0 Å². The fourth-order valence-corrected chi connectivity index (χ4v) is 3.84. The number of para-hydroxylation sites is 2. The molecule has 0 aliphatic carbocycles. The Morgan fingerprint density at radius 1 is 1.10 bits per heavy atom. The maximum Gasteiger partial charge on any atom is 0.325 e. The van der Waals surface area contributed by atoms with Crippen LogP contribution in [0.25, 0.3) is 11.0 Å². The van der Waals surface area contributed by atoms with Crippen LogP contribution in [0.4, 0.5) is 4.79 Å². The third-order valence-electron chi connectivity index (χ3n) is 5.61. The minimum atomic E-state index is -1.20. The highest BCUT2D eigenvalue weighted by atomic mass is 16.2. The molecule has 2 heterocycles. The van der Waals surface area contributed by atoms with Gasteiger partial charge in [0.15, 0.2) is 0 Å². The van der Waals surface area contributed by atoms with Crippen LogP contribution in [0, 0.1) is 5.92 Å². The number of benzene rings is 2. The Morgan fingerprint density at radius 3 is 2.45 bits per heavy atom. The summed E-state index contributed by atoms with van der Waals surface area (Å²) in [5, 5.41) is 5.64. The lowest BCUT2D eigenvalue weighted by Crippen LogP contribution is -2.44. The summed E-state index contributed by atoms with van der Waals surface area (Å²) in [4.78, 5) is 47.1. The maximum absolute atomic E-state index is 13.0. The number of hydrogen-bond donors (Lipinski definition) is 3. The van der Waals surface area contributed by atoms with E-state index < -0.39 is 23.4 Å². The third kappa shape index (κ3) is 3.76. The van der Waals surface area contributed by atoms with Gasteiger partial charge < -0.3 is 15.6 Å². The molecule has 4 amide bonds. The van der Waals surface area contributed by atoms with Crippen LogP contribution in [0.15, 0.2) is 54.6 Å². The average molecular weight is 419 g/mol. The summed E-state index contributed by atoms with van der Waals surface area (Å²) < 4.78 is 0. The summed E-state index contributed by atoms with van der Waals surface area (Å²) in [6, 6.07) is 15.6. The largest absolute Gasteiger partial charge is 0.344 e. The Morgan fingerprint density at radius 2 is 1.77 bits per heavy atom. The van der Waals surface area contributed by atoms with Gasteiger partial charge in [-0.3, -0.25) is 14.5 Å². The second-order valence-corrected chi connectivity index (χ2v) is 8.24. The number of nitrogens with one attached hydrogen (secondary N) is 3. The lowest BCUT2D eigenvalue weighted by Gasteiger charge is -2.23. The third-order valence-corrected chi connectivity index (χ3v) is 5.61. The average Bonchev–Trinajstić information content (AvgIpc) is 3.27. The number of H-pyrrole nitrogens is 1. The van der Waals surface area contributed by atoms with Gasteiger partial charge >= 0.3 is 6.03 Å². The molecule has 0 saturated carbocycles. The van der Waals surface area contributed by atoms with Crippen LogP contribution in [-0.2, 0) is 15.1 Å². The van der Waals surface area contributed by atoms with Crippen LogP contribution < -0.4 is 10.6 Å².